The first kappa shape index (κ1) is 17.4. The Balaban J connectivity index is 1.72. The molecule has 5 nitrogen and oxygen atoms in total. The second-order valence-corrected chi connectivity index (χ2v) is 7.44. The quantitative estimate of drug-likeness (QED) is 0.767. The summed E-state index contributed by atoms with van der Waals surface area (Å²) < 4.78 is 26.0. The molecule has 2 rings (SSSR count). The Kier molecular flexibility index (Phi) is 6.52. The van der Waals surface area contributed by atoms with E-state index in [-0.39, 0.29) is 18.9 Å². The molecule has 122 valence electrons. The van der Waals surface area contributed by atoms with Crippen LogP contribution in [0.25, 0.3) is 6.08 Å². The topological polar surface area (TPSA) is 75.3 Å². The van der Waals surface area contributed by atoms with E-state index >= 15 is 0 Å². The fraction of sp³-hybridized carbons (Fsp3) is 0.188. The Morgan fingerprint density at radius 2 is 1.91 bits per heavy atom. The first-order valence-corrected chi connectivity index (χ1v) is 9.50. The molecule has 0 unspecified atom stereocenters. The standard InChI is InChI=1S/C16H18N2O3S2/c19-16(17-13-15-7-4-11-22-15)8-10-18-23(20,21)12-9-14-5-2-1-3-6-14/h1-7,9,11-12,18H,8,10,13H2,(H,17,19)/b12-9+. The summed E-state index contributed by atoms with van der Waals surface area (Å²) in [4.78, 5) is 12.7. The Hall–Kier alpha value is -1.96. The number of amides is 1. The van der Waals surface area contributed by atoms with Gasteiger partial charge in [0.25, 0.3) is 0 Å². The highest BCUT2D eigenvalue weighted by molar-refractivity contribution is 7.92. The van der Waals surface area contributed by atoms with Crippen LogP contribution in [0.1, 0.15) is 16.9 Å². The summed E-state index contributed by atoms with van der Waals surface area (Å²) in [6.45, 7) is 0.537. The van der Waals surface area contributed by atoms with Crippen LogP contribution in [0, 0.1) is 0 Å². The van der Waals surface area contributed by atoms with E-state index in [1.54, 1.807) is 11.3 Å². The Bertz CT molecular complexity index is 739. The molecule has 0 saturated carbocycles. The number of carbonyl (C=O) groups is 1. The van der Waals surface area contributed by atoms with E-state index < -0.39 is 10.0 Å². The van der Waals surface area contributed by atoms with E-state index in [2.05, 4.69) is 10.0 Å². The van der Waals surface area contributed by atoms with Crippen molar-refractivity contribution in [2.45, 2.75) is 13.0 Å². The van der Waals surface area contributed by atoms with Crippen LogP contribution in [0.15, 0.2) is 53.3 Å². The zero-order valence-corrected chi connectivity index (χ0v) is 14.1. The fourth-order valence-corrected chi connectivity index (χ4v) is 3.24. The molecular formula is C16H18N2O3S2. The highest BCUT2D eigenvalue weighted by Crippen LogP contribution is 2.07. The van der Waals surface area contributed by atoms with Crippen LogP contribution in [0.5, 0.6) is 0 Å². The van der Waals surface area contributed by atoms with Crippen molar-refractivity contribution < 1.29 is 13.2 Å². The molecule has 0 aliphatic carbocycles. The maximum atomic E-state index is 11.8. The van der Waals surface area contributed by atoms with Crippen molar-refractivity contribution >= 4 is 33.3 Å². The summed E-state index contributed by atoms with van der Waals surface area (Å²) >= 11 is 1.56. The van der Waals surface area contributed by atoms with Crippen LogP contribution in [-0.4, -0.2) is 20.9 Å². The second-order valence-electron chi connectivity index (χ2n) is 4.76. The third-order valence-corrected chi connectivity index (χ3v) is 4.91. The maximum Gasteiger partial charge on any atom is 0.233 e. The Morgan fingerprint density at radius 1 is 1.13 bits per heavy atom. The normalized spacial score (nSPS) is 11.7. The molecule has 0 aliphatic rings. The van der Waals surface area contributed by atoms with Gasteiger partial charge in [-0.25, -0.2) is 13.1 Å². The minimum absolute atomic E-state index is 0.0672. The molecule has 1 amide bonds. The first-order chi connectivity index (χ1) is 11.1. The van der Waals surface area contributed by atoms with E-state index in [0.717, 1.165) is 15.8 Å². The highest BCUT2D eigenvalue weighted by Gasteiger charge is 2.07. The maximum absolute atomic E-state index is 11.8. The van der Waals surface area contributed by atoms with E-state index in [0.29, 0.717) is 6.54 Å². The zero-order valence-electron chi connectivity index (χ0n) is 12.4. The molecule has 0 atom stereocenters. The number of nitrogens with one attached hydrogen (secondary N) is 2. The summed E-state index contributed by atoms with van der Waals surface area (Å²) in [6.07, 6.45) is 1.61. The second kappa shape index (κ2) is 8.61. The molecule has 0 bridgehead atoms. The van der Waals surface area contributed by atoms with Gasteiger partial charge in [-0.3, -0.25) is 4.79 Å². The number of benzene rings is 1. The van der Waals surface area contributed by atoms with Gasteiger partial charge in [0.15, 0.2) is 0 Å². The number of thiophene rings is 1. The summed E-state index contributed by atoms with van der Waals surface area (Å²) in [5.74, 6) is -0.187. The largest absolute Gasteiger partial charge is 0.351 e. The van der Waals surface area contributed by atoms with Gasteiger partial charge in [0.05, 0.1) is 6.54 Å². The molecule has 1 aromatic heterocycles. The molecule has 0 spiro atoms. The third kappa shape index (κ3) is 6.77. The lowest BCUT2D eigenvalue weighted by Crippen LogP contribution is -2.29. The number of rotatable bonds is 8. The molecule has 0 radical (unpaired) electrons. The van der Waals surface area contributed by atoms with Gasteiger partial charge in [-0.1, -0.05) is 36.4 Å². The van der Waals surface area contributed by atoms with Crippen LogP contribution < -0.4 is 10.0 Å². The Labute approximate surface area is 140 Å². The molecule has 0 saturated heterocycles. The van der Waals surface area contributed by atoms with E-state index in [4.69, 9.17) is 0 Å². The third-order valence-electron chi connectivity index (χ3n) is 2.93. The average Bonchev–Trinajstić information content (AvgIpc) is 3.05. The summed E-state index contributed by atoms with van der Waals surface area (Å²) in [7, 11) is -3.54. The highest BCUT2D eigenvalue weighted by atomic mass is 32.2. The molecular weight excluding hydrogens is 332 g/mol. The smallest absolute Gasteiger partial charge is 0.233 e. The summed E-state index contributed by atoms with van der Waals surface area (Å²) in [5.41, 5.74) is 0.798. The van der Waals surface area contributed by atoms with Gasteiger partial charge in [0.1, 0.15) is 0 Å². The van der Waals surface area contributed by atoms with Gasteiger partial charge >= 0.3 is 0 Å². The van der Waals surface area contributed by atoms with Crippen LogP contribution in [-0.2, 0) is 21.4 Å². The van der Waals surface area contributed by atoms with Crippen LogP contribution in [0.3, 0.4) is 0 Å². The SMILES string of the molecule is O=C(CCNS(=O)(=O)/C=C/c1ccccc1)NCc1cccs1. The summed E-state index contributed by atoms with van der Waals surface area (Å²) in [5, 5.41) is 5.79. The van der Waals surface area contributed by atoms with E-state index in [1.807, 2.05) is 47.8 Å². The van der Waals surface area contributed by atoms with Gasteiger partial charge in [-0.15, -0.1) is 11.3 Å². The number of hydrogen-bond donors (Lipinski definition) is 2. The van der Waals surface area contributed by atoms with Crippen molar-refractivity contribution in [3.05, 3.63) is 63.7 Å². The first-order valence-electron chi connectivity index (χ1n) is 7.07. The predicted octanol–water partition coefficient (Wildman–Crippen LogP) is 2.34. The lowest BCUT2D eigenvalue weighted by Gasteiger charge is -2.04. The van der Waals surface area contributed by atoms with Crippen molar-refractivity contribution in [1.82, 2.24) is 10.0 Å². The predicted molar refractivity (Wildman–Crippen MR) is 93.2 cm³/mol. The molecule has 7 heteroatoms. The van der Waals surface area contributed by atoms with Gasteiger partial charge in [0.2, 0.25) is 15.9 Å². The molecule has 1 aromatic carbocycles. The minimum atomic E-state index is -3.54. The van der Waals surface area contributed by atoms with Crippen molar-refractivity contribution in [3.8, 4) is 0 Å². The summed E-state index contributed by atoms with van der Waals surface area (Å²) in [6, 6.07) is 13.0. The van der Waals surface area contributed by atoms with Gasteiger partial charge in [0, 0.05) is 23.3 Å². The molecule has 2 aromatic rings. The molecule has 0 fully saturated rings. The van der Waals surface area contributed by atoms with Crippen molar-refractivity contribution in [1.29, 1.82) is 0 Å². The lowest BCUT2D eigenvalue weighted by molar-refractivity contribution is -0.121. The van der Waals surface area contributed by atoms with Gasteiger partial charge in [-0.2, -0.15) is 0 Å². The number of carbonyl (C=O) groups excluding carboxylic acids is 1. The minimum Gasteiger partial charge on any atom is -0.351 e. The monoisotopic (exact) mass is 350 g/mol. The molecule has 23 heavy (non-hydrogen) atoms. The molecule has 0 aliphatic heterocycles. The van der Waals surface area contributed by atoms with Crippen molar-refractivity contribution in [2.24, 2.45) is 0 Å². The molecule has 1 heterocycles. The van der Waals surface area contributed by atoms with E-state index in [9.17, 15) is 13.2 Å². The number of hydrogen-bond acceptors (Lipinski definition) is 4. The van der Waals surface area contributed by atoms with Crippen LogP contribution in [0.2, 0.25) is 0 Å². The fourth-order valence-electron chi connectivity index (χ4n) is 1.77. The Morgan fingerprint density at radius 3 is 2.61 bits per heavy atom. The van der Waals surface area contributed by atoms with Crippen molar-refractivity contribution in [2.75, 3.05) is 6.54 Å². The zero-order chi connectivity index (χ0) is 16.5. The van der Waals surface area contributed by atoms with Crippen LogP contribution >= 0.6 is 11.3 Å². The van der Waals surface area contributed by atoms with Crippen LogP contribution in [0.4, 0.5) is 0 Å². The van der Waals surface area contributed by atoms with Gasteiger partial charge in [-0.05, 0) is 23.1 Å². The van der Waals surface area contributed by atoms with Gasteiger partial charge < -0.3 is 5.32 Å². The number of sulfonamides is 1. The lowest BCUT2D eigenvalue weighted by atomic mass is 10.2. The van der Waals surface area contributed by atoms with E-state index in [1.165, 1.54) is 6.08 Å². The molecule has 2 N–H and O–H groups in total. The average molecular weight is 350 g/mol. The van der Waals surface area contributed by atoms with Crippen molar-refractivity contribution in [3.63, 3.8) is 0 Å².